The Morgan fingerprint density at radius 3 is 2.43 bits per heavy atom. The van der Waals surface area contributed by atoms with E-state index in [-0.39, 0.29) is 11.5 Å². The molecule has 0 spiro atoms. The third kappa shape index (κ3) is 4.12. The van der Waals surface area contributed by atoms with Crippen LogP contribution in [0.3, 0.4) is 0 Å². The van der Waals surface area contributed by atoms with E-state index in [9.17, 15) is 10.1 Å². The van der Waals surface area contributed by atoms with Crippen LogP contribution in [-0.2, 0) is 18.0 Å². The lowest BCUT2D eigenvalue weighted by Crippen LogP contribution is -2.11. The van der Waals surface area contributed by atoms with Gasteiger partial charge in [-0.05, 0) is 29.3 Å². The summed E-state index contributed by atoms with van der Waals surface area (Å²) in [6, 6.07) is 13.5. The van der Waals surface area contributed by atoms with Gasteiger partial charge in [-0.15, -0.1) is 0 Å². The molecular formula is C15H15N3O3. The molecule has 2 rings (SSSR count). The number of amidine groups is 1. The number of hydrogen-bond acceptors (Lipinski definition) is 4. The molecule has 6 heteroatoms. The molecule has 0 aliphatic heterocycles. The van der Waals surface area contributed by atoms with Crippen LogP contribution in [0, 0.1) is 15.5 Å². The minimum atomic E-state index is -0.433. The van der Waals surface area contributed by atoms with E-state index in [2.05, 4.69) is 0 Å². The van der Waals surface area contributed by atoms with Crippen LogP contribution in [0.1, 0.15) is 16.7 Å². The molecule has 0 saturated heterocycles. The third-order valence-corrected chi connectivity index (χ3v) is 2.92. The number of nitrogens with zero attached hydrogens (tertiary/aromatic N) is 1. The summed E-state index contributed by atoms with van der Waals surface area (Å²) in [5, 5.41) is 17.9. The Morgan fingerprint density at radius 2 is 1.81 bits per heavy atom. The number of nitrogens with two attached hydrogens (primary N) is 1. The molecule has 0 atom stereocenters. The molecule has 3 N–H and O–H groups in total. The predicted molar refractivity (Wildman–Crippen MR) is 79.0 cm³/mol. The van der Waals surface area contributed by atoms with Crippen molar-refractivity contribution < 1.29 is 9.66 Å². The van der Waals surface area contributed by atoms with Gasteiger partial charge in [0.25, 0.3) is 5.69 Å². The number of benzene rings is 2. The predicted octanol–water partition coefficient (Wildman–Crippen LogP) is 2.60. The van der Waals surface area contributed by atoms with Gasteiger partial charge in [0.05, 0.1) is 18.1 Å². The van der Waals surface area contributed by atoms with Crippen LogP contribution in [-0.4, -0.2) is 10.8 Å². The SMILES string of the molecule is N=C(N)c1cccc(COCc2ccc([N+](=O)[O-])cc2)c1. The molecule has 0 saturated carbocycles. The van der Waals surface area contributed by atoms with Gasteiger partial charge >= 0.3 is 0 Å². The van der Waals surface area contributed by atoms with Gasteiger partial charge in [-0.1, -0.05) is 18.2 Å². The summed E-state index contributed by atoms with van der Waals surface area (Å²) in [6.07, 6.45) is 0. The molecule has 6 nitrogen and oxygen atoms in total. The van der Waals surface area contributed by atoms with Crippen LogP contribution in [0.2, 0.25) is 0 Å². The van der Waals surface area contributed by atoms with E-state index in [0.29, 0.717) is 18.8 Å². The van der Waals surface area contributed by atoms with E-state index < -0.39 is 4.92 Å². The number of rotatable bonds is 6. The van der Waals surface area contributed by atoms with Crippen LogP contribution < -0.4 is 5.73 Å². The van der Waals surface area contributed by atoms with E-state index in [1.54, 1.807) is 24.3 Å². The first-order valence-electron chi connectivity index (χ1n) is 6.30. The first-order valence-corrected chi connectivity index (χ1v) is 6.30. The summed E-state index contributed by atoms with van der Waals surface area (Å²) in [4.78, 5) is 10.1. The molecule has 2 aromatic rings. The Hall–Kier alpha value is -2.73. The third-order valence-electron chi connectivity index (χ3n) is 2.92. The van der Waals surface area contributed by atoms with Gasteiger partial charge in [0, 0.05) is 17.7 Å². The van der Waals surface area contributed by atoms with E-state index in [1.807, 2.05) is 12.1 Å². The number of nitrogens with one attached hydrogen (secondary N) is 1. The molecule has 0 unspecified atom stereocenters. The molecule has 0 aromatic heterocycles. The second-order valence-electron chi connectivity index (χ2n) is 4.53. The van der Waals surface area contributed by atoms with Crippen LogP contribution >= 0.6 is 0 Å². The maximum absolute atomic E-state index is 10.5. The van der Waals surface area contributed by atoms with Crippen molar-refractivity contribution in [3.8, 4) is 0 Å². The van der Waals surface area contributed by atoms with Crippen molar-refractivity contribution >= 4 is 11.5 Å². The Kier molecular flexibility index (Phi) is 4.63. The fraction of sp³-hybridized carbons (Fsp3) is 0.133. The van der Waals surface area contributed by atoms with Gasteiger partial charge in [0.1, 0.15) is 5.84 Å². The molecule has 0 heterocycles. The Morgan fingerprint density at radius 1 is 1.14 bits per heavy atom. The maximum atomic E-state index is 10.5. The zero-order valence-corrected chi connectivity index (χ0v) is 11.3. The average Bonchev–Trinajstić information content (AvgIpc) is 2.48. The summed E-state index contributed by atoms with van der Waals surface area (Å²) in [5.41, 5.74) is 7.94. The van der Waals surface area contributed by atoms with Gasteiger partial charge < -0.3 is 10.5 Å². The lowest BCUT2D eigenvalue weighted by molar-refractivity contribution is -0.384. The van der Waals surface area contributed by atoms with Crippen LogP contribution in [0.5, 0.6) is 0 Å². The number of non-ortho nitro benzene ring substituents is 1. The Balaban J connectivity index is 1.90. The largest absolute Gasteiger partial charge is 0.384 e. The summed E-state index contributed by atoms with van der Waals surface area (Å²) < 4.78 is 5.56. The van der Waals surface area contributed by atoms with Gasteiger partial charge in [-0.25, -0.2) is 0 Å². The topological polar surface area (TPSA) is 102 Å². The number of hydrogen-bond donors (Lipinski definition) is 2. The van der Waals surface area contributed by atoms with Gasteiger partial charge in [0.15, 0.2) is 0 Å². The molecule has 108 valence electrons. The lowest BCUT2D eigenvalue weighted by Gasteiger charge is -2.06. The minimum absolute atomic E-state index is 0.0206. The van der Waals surface area contributed by atoms with E-state index in [4.69, 9.17) is 15.9 Å². The molecule has 0 bridgehead atoms. The highest BCUT2D eigenvalue weighted by Crippen LogP contribution is 2.13. The number of ether oxygens (including phenoxy) is 1. The highest BCUT2D eigenvalue weighted by atomic mass is 16.6. The first-order chi connectivity index (χ1) is 10.1. The van der Waals surface area contributed by atoms with Crippen molar-refractivity contribution in [2.24, 2.45) is 5.73 Å². The molecule has 2 aromatic carbocycles. The molecule has 0 aliphatic carbocycles. The average molecular weight is 285 g/mol. The Bertz CT molecular complexity index is 653. The standard InChI is InChI=1S/C15H15N3O3/c16-15(17)13-3-1-2-12(8-13)10-21-9-11-4-6-14(7-5-11)18(19)20/h1-8H,9-10H2,(H3,16,17). The highest BCUT2D eigenvalue weighted by Gasteiger charge is 2.04. The van der Waals surface area contributed by atoms with Crippen LogP contribution in [0.15, 0.2) is 48.5 Å². The molecule has 0 fully saturated rings. The summed E-state index contributed by atoms with van der Waals surface area (Å²) >= 11 is 0. The van der Waals surface area contributed by atoms with Crippen molar-refractivity contribution in [1.29, 1.82) is 5.41 Å². The molecule has 0 amide bonds. The maximum Gasteiger partial charge on any atom is 0.269 e. The fourth-order valence-electron chi connectivity index (χ4n) is 1.83. The zero-order valence-electron chi connectivity index (χ0n) is 11.3. The van der Waals surface area contributed by atoms with E-state index in [1.165, 1.54) is 12.1 Å². The normalized spacial score (nSPS) is 10.3. The van der Waals surface area contributed by atoms with Crippen LogP contribution in [0.4, 0.5) is 5.69 Å². The summed E-state index contributed by atoms with van der Waals surface area (Å²) in [6.45, 7) is 0.750. The van der Waals surface area contributed by atoms with E-state index in [0.717, 1.165) is 11.1 Å². The number of nitro groups is 1. The lowest BCUT2D eigenvalue weighted by atomic mass is 10.1. The minimum Gasteiger partial charge on any atom is -0.384 e. The highest BCUT2D eigenvalue weighted by molar-refractivity contribution is 5.95. The zero-order chi connectivity index (χ0) is 15.2. The van der Waals surface area contributed by atoms with Crippen molar-refractivity contribution in [2.75, 3.05) is 0 Å². The van der Waals surface area contributed by atoms with Gasteiger partial charge in [0.2, 0.25) is 0 Å². The summed E-state index contributed by atoms with van der Waals surface area (Å²) in [7, 11) is 0. The Labute approximate surface area is 121 Å². The van der Waals surface area contributed by atoms with Gasteiger partial charge in [-0.3, -0.25) is 15.5 Å². The van der Waals surface area contributed by atoms with Crippen molar-refractivity contribution in [1.82, 2.24) is 0 Å². The van der Waals surface area contributed by atoms with E-state index >= 15 is 0 Å². The van der Waals surface area contributed by atoms with Crippen LogP contribution in [0.25, 0.3) is 0 Å². The van der Waals surface area contributed by atoms with Crippen molar-refractivity contribution in [3.05, 3.63) is 75.3 Å². The van der Waals surface area contributed by atoms with Crippen molar-refractivity contribution in [3.63, 3.8) is 0 Å². The fourth-order valence-corrected chi connectivity index (χ4v) is 1.83. The van der Waals surface area contributed by atoms with Gasteiger partial charge in [-0.2, -0.15) is 0 Å². The molecule has 0 radical (unpaired) electrons. The molecule has 21 heavy (non-hydrogen) atoms. The van der Waals surface area contributed by atoms with Crippen molar-refractivity contribution in [2.45, 2.75) is 13.2 Å². The smallest absolute Gasteiger partial charge is 0.269 e. The number of nitro benzene ring substituents is 1. The molecular weight excluding hydrogens is 270 g/mol. The summed E-state index contributed by atoms with van der Waals surface area (Å²) in [5.74, 6) is 0.0206. The quantitative estimate of drug-likeness (QED) is 0.368. The molecule has 0 aliphatic rings. The second kappa shape index (κ2) is 6.62. The second-order valence-corrected chi connectivity index (χ2v) is 4.53. The number of nitrogen functional groups attached to an aromatic ring is 1. The monoisotopic (exact) mass is 285 g/mol. The first kappa shape index (κ1) is 14.7.